The lowest BCUT2D eigenvalue weighted by atomic mass is 9.95. The van der Waals surface area contributed by atoms with Gasteiger partial charge in [0.05, 0.1) is 11.9 Å². The van der Waals surface area contributed by atoms with E-state index in [1.165, 1.54) is 0 Å². The molecule has 1 aliphatic heterocycles. The first kappa shape index (κ1) is 13.7. The van der Waals surface area contributed by atoms with Crippen LogP contribution in [0, 0.1) is 0 Å². The number of carbonyl (C=O) groups is 1. The molecular formula is C14H20N6O. The smallest absolute Gasteiger partial charge is 0.321 e. The van der Waals surface area contributed by atoms with Gasteiger partial charge in [0.25, 0.3) is 0 Å². The topological polar surface area (TPSA) is 78.8 Å². The summed E-state index contributed by atoms with van der Waals surface area (Å²) in [4.78, 5) is 14.2. The summed E-state index contributed by atoms with van der Waals surface area (Å²) in [5.74, 6) is 0.338. The van der Waals surface area contributed by atoms with Crippen molar-refractivity contribution in [1.29, 1.82) is 0 Å². The Morgan fingerprint density at radius 1 is 1.57 bits per heavy atom. The van der Waals surface area contributed by atoms with E-state index >= 15 is 0 Å². The van der Waals surface area contributed by atoms with Gasteiger partial charge in [0.2, 0.25) is 0 Å². The van der Waals surface area contributed by atoms with Gasteiger partial charge in [-0.3, -0.25) is 9.78 Å². The molecule has 0 saturated carbocycles. The lowest BCUT2D eigenvalue weighted by Crippen LogP contribution is -2.41. The summed E-state index contributed by atoms with van der Waals surface area (Å²) in [6, 6.07) is 1.92. The van der Waals surface area contributed by atoms with Gasteiger partial charge in [0.1, 0.15) is 0 Å². The monoisotopic (exact) mass is 288 g/mol. The molecule has 1 saturated heterocycles. The fourth-order valence-corrected chi connectivity index (χ4v) is 2.71. The molecule has 3 heterocycles. The quantitative estimate of drug-likeness (QED) is 0.907. The maximum Gasteiger partial charge on any atom is 0.321 e. The van der Waals surface area contributed by atoms with E-state index in [1.54, 1.807) is 17.1 Å². The highest BCUT2D eigenvalue weighted by atomic mass is 16.2. The van der Waals surface area contributed by atoms with Crippen LogP contribution in [0.1, 0.15) is 31.4 Å². The number of hydrogen-bond donors (Lipinski definition) is 2. The number of piperidine rings is 1. The zero-order valence-electron chi connectivity index (χ0n) is 12.1. The van der Waals surface area contributed by atoms with Gasteiger partial charge in [0, 0.05) is 43.6 Å². The molecule has 0 radical (unpaired) electrons. The van der Waals surface area contributed by atoms with Crippen LogP contribution < -0.4 is 5.32 Å². The molecule has 112 valence electrons. The van der Waals surface area contributed by atoms with E-state index in [9.17, 15) is 4.79 Å². The number of urea groups is 1. The molecule has 7 nitrogen and oxygen atoms in total. The summed E-state index contributed by atoms with van der Waals surface area (Å²) >= 11 is 0. The first-order chi connectivity index (χ1) is 10.3. The van der Waals surface area contributed by atoms with E-state index in [-0.39, 0.29) is 6.03 Å². The Hall–Kier alpha value is -2.31. The molecule has 0 spiro atoms. The fourth-order valence-electron chi connectivity index (χ4n) is 2.71. The van der Waals surface area contributed by atoms with Crippen LogP contribution in [-0.4, -0.2) is 44.0 Å². The van der Waals surface area contributed by atoms with E-state index in [0.29, 0.717) is 5.92 Å². The third-order valence-electron chi connectivity index (χ3n) is 3.88. The highest BCUT2D eigenvalue weighted by Crippen LogP contribution is 2.25. The number of anilines is 1. The van der Waals surface area contributed by atoms with Crippen molar-refractivity contribution in [3.63, 3.8) is 0 Å². The number of nitrogens with zero attached hydrogens (tertiary/aromatic N) is 4. The number of hydrogen-bond acceptors (Lipinski definition) is 3. The Labute approximate surface area is 123 Å². The first-order valence-electron chi connectivity index (χ1n) is 7.34. The SMILES string of the molecule is CCn1cc(NC(=O)N2CCCC(c3ccn[nH]3)C2)cn1. The van der Waals surface area contributed by atoms with Crippen molar-refractivity contribution in [2.24, 2.45) is 0 Å². The molecule has 7 heteroatoms. The Kier molecular flexibility index (Phi) is 3.89. The molecule has 1 fully saturated rings. The summed E-state index contributed by atoms with van der Waals surface area (Å²) < 4.78 is 1.79. The normalized spacial score (nSPS) is 18.7. The maximum absolute atomic E-state index is 12.3. The first-order valence-corrected chi connectivity index (χ1v) is 7.34. The Morgan fingerprint density at radius 3 is 3.19 bits per heavy atom. The zero-order valence-corrected chi connectivity index (χ0v) is 12.1. The lowest BCUT2D eigenvalue weighted by Gasteiger charge is -2.32. The van der Waals surface area contributed by atoms with Crippen molar-refractivity contribution in [3.8, 4) is 0 Å². The predicted molar refractivity (Wildman–Crippen MR) is 79.1 cm³/mol. The molecule has 1 aliphatic rings. The maximum atomic E-state index is 12.3. The van der Waals surface area contributed by atoms with Crippen LogP contribution in [0.25, 0.3) is 0 Å². The van der Waals surface area contributed by atoms with E-state index in [2.05, 4.69) is 20.6 Å². The fraction of sp³-hybridized carbons (Fsp3) is 0.500. The highest BCUT2D eigenvalue weighted by Gasteiger charge is 2.25. The third kappa shape index (κ3) is 3.07. The molecule has 0 aromatic carbocycles. The average Bonchev–Trinajstić information content (AvgIpc) is 3.18. The molecular weight excluding hydrogens is 268 g/mol. The van der Waals surface area contributed by atoms with E-state index < -0.39 is 0 Å². The molecule has 0 aliphatic carbocycles. The van der Waals surface area contributed by atoms with Crippen LogP contribution in [0.15, 0.2) is 24.7 Å². The van der Waals surface area contributed by atoms with Crippen LogP contribution in [-0.2, 0) is 6.54 Å². The van der Waals surface area contributed by atoms with Gasteiger partial charge in [-0.15, -0.1) is 0 Å². The van der Waals surface area contributed by atoms with Gasteiger partial charge < -0.3 is 10.2 Å². The minimum Gasteiger partial charge on any atom is -0.324 e. The summed E-state index contributed by atoms with van der Waals surface area (Å²) in [5.41, 5.74) is 1.84. The number of aromatic nitrogens is 4. The number of nitrogens with one attached hydrogen (secondary N) is 2. The second kappa shape index (κ2) is 5.99. The lowest BCUT2D eigenvalue weighted by molar-refractivity contribution is 0.192. The molecule has 1 unspecified atom stereocenters. The highest BCUT2D eigenvalue weighted by molar-refractivity contribution is 5.89. The van der Waals surface area contributed by atoms with Crippen molar-refractivity contribution < 1.29 is 4.79 Å². The molecule has 2 N–H and O–H groups in total. The molecule has 0 bridgehead atoms. The van der Waals surface area contributed by atoms with Gasteiger partial charge in [-0.2, -0.15) is 10.2 Å². The Morgan fingerprint density at radius 2 is 2.48 bits per heavy atom. The summed E-state index contributed by atoms with van der Waals surface area (Å²) in [7, 11) is 0. The van der Waals surface area contributed by atoms with Gasteiger partial charge in [-0.1, -0.05) is 0 Å². The minimum absolute atomic E-state index is 0.0603. The number of aryl methyl sites for hydroxylation is 1. The van der Waals surface area contributed by atoms with Crippen LogP contribution in [0.2, 0.25) is 0 Å². The molecule has 2 aromatic heterocycles. The number of rotatable bonds is 3. The predicted octanol–water partition coefficient (Wildman–Crippen LogP) is 2.04. The van der Waals surface area contributed by atoms with Crippen LogP contribution in [0.5, 0.6) is 0 Å². The number of aromatic amines is 1. The summed E-state index contributed by atoms with van der Waals surface area (Å²) in [6.07, 6.45) is 7.37. The summed E-state index contributed by atoms with van der Waals surface area (Å²) in [5, 5.41) is 14.1. The van der Waals surface area contributed by atoms with Gasteiger partial charge in [-0.25, -0.2) is 4.79 Å². The molecule has 3 rings (SSSR count). The third-order valence-corrected chi connectivity index (χ3v) is 3.88. The van der Waals surface area contributed by atoms with Gasteiger partial charge in [0.15, 0.2) is 0 Å². The molecule has 2 aromatic rings. The second-order valence-corrected chi connectivity index (χ2v) is 5.31. The van der Waals surface area contributed by atoms with Gasteiger partial charge >= 0.3 is 6.03 Å². The van der Waals surface area contributed by atoms with Crippen molar-refractivity contribution in [1.82, 2.24) is 24.9 Å². The van der Waals surface area contributed by atoms with Crippen LogP contribution in [0.3, 0.4) is 0 Å². The Balaban J connectivity index is 1.61. The average molecular weight is 288 g/mol. The van der Waals surface area contributed by atoms with E-state index in [4.69, 9.17) is 0 Å². The number of carbonyl (C=O) groups excluding carboxylic acids is 1. The molecule has 2 amide bonds. The van der Waals surface area contributed by atoms with E-state index in [1.807, 2.05) is 24.1 Å². The standard InChI is InChI=1S/C14H20N6O/c1-2-20-10-12(8-16-20)17-14(21)19-7-3-4-11(9-19)13-5-6-15-18-13/h5-6,8,10-11H,2-4,7,9H2,1H3,(H,15,18)(H,17,21). The second-order valence-electron chi connectivity index (χ2n) is 5.31. The van der Waals surface area contributed by atoms with Crippen molar-refractivity contribution in [2.75, 3.05) is 18.4 Å². The summed E-state index contributed by atoms with van der Waals surface area (Å²) in [6.45, 7) is 4.31. The number of likely N-dealkylation sites (tertiary alicyclic amines) is 1. The zero-order chi connectivity index (χ0) is 14.7. The largest absolute Gasteiger partial charge is 0.324 e. The van der Waals surface area contributed by atoms with E-state index in [0.717, 1.165) is 43.9 Å². The number of H-pyrrole nitrogens is 1. The Bertz CT molecular complexity index is 590. The van der Waals surface area contributed by atoms with Crippen LogP contribution >= 0.6 is 0 Å². The van der Waals surface area contributed by atoms with Crippen molar-refractivity contribution in [3.05, 3.63) is 30.4 Å². The minimum atomic E-state index is -0.0603. The van der Waals surface area contributed by atoms with Crippen molar-refractivity contribution in [2.45, 2.75) is 32.2 Å². The van der Waals surface area contributed by atoms with Crippen molar-refractivity contribution >= 4 is 11.7 Å². The van der Waals surface area contributed by atoms with Gasteiger partial charge in [-0.05, 0) is 25.8 Å². The molecule has 21 heavy (non-hydrogen) atoms. The van der Waals surface area contributed by atoms with Crippen LogP contribution in [0.4, 0.5) is 10.5 Å². The number of amides is 2. The molecule has 1 atom stereocenters.